The van der Waals surface area contributed by atoms with Gasteiger partial charge in [-0.25, -0.2) is 0 Å². The summed E-state index contributed by atoms with van der Waals surface area (Å²) in [5, 5.41) is 13.4. The summed E-state index contributed by atoms with van der Waals surface area (Å²) in [6.45, 7) is 3.39. The highest BCUT2D eigenvalue weighted by Crippen LogP contribution is 2.34. The number of carbonyl (C=O) groups is 1. The number of halogens is 4. The van der Waals surface area contributed by atoms with Crippen LogP contribution in [0.15, 0.2) is 53.0 Å². The molecule has 30 heavy (non-hydrogen) atoms. The normalized spacial score (nSPS) is 13.5. The van der Waals surface area contributed by atoms with Crippen molar-refractivity contribution in [2.45, 2.75) is 38.5 Å². The summed E-state index contributed by atoms with van der Waals surface area (Å²) < 4.78 is 42.4. The molecule has 0 aliphatic heterocycles. The molecule has 0 heterocycles. The van der Waals surface area contributed by atoms with Crippen molar-refractivity contribution in [2.24, 2.45) is 5.92 Å². The number of rotatable bonds is 8. The molecule has 0 unspecified atom stereocenters. The van der Waals surface area contributed by atoms with Gasteiger partial charge in [-0.15, -0.1) is 0 Å². The van der Waals surface area contributed by atoms with Crippen LogP contribution in [0.2, 0.25) is 0 Å². The molecule has 0 aromatic heterocycles. The van der Waals surface area contributed by atoms with Crippen molar-refractivity contribution in [3.05, 3.63) is 58.6 Å². The van der Waals surface area contributed by atoms with Crippen LogP contribution in [0.25, 0.3) is 11.1 Å². The fraction of sp³-hybridized carbons (Fsp3) is 0.364. The van der Waals surface area contributed by atoms with Crippen LogP contribution in [0.3, 0.4) is 0 Å². The van der Waals surface area contributed by atoms with Gasteiger partial charge >= 0.3 is 6.18 Å². The maximum atomic E-state index is 13.8. The van der Waals surface area contributed by atoms with Crippen molar-refractivity contribution < 1.29 is 18.0 Å². The van der Waals surface area contributed by atoms with Gasteiger partial charge in [0.05, 0.1) is 12.1 Å². The molecular weight excluding hydrogens is 459 g/mol. The Balaban J connectivity index is 2.28. The maximum absolute atomic E-state index is 13.8. The Bertz CT molecular complexity index is 874. The van der Waals surface area contributed by atoms with E-state index < -0.39 is 24.2 Å². The first-order chi connectivity index (χ1) is 14.1. The molecule has 160 valence electrons. The first-order valence-corrected chi connectivity index (χ1v) is 10.2. The third-order valence-corrected chi connectivity index (χ3v) is 5.01. The summed E-state index contributed by atoms with van der Waals surface area (Å²) >= 11 is 3.35. The van der Waals surface area contributed by atoms with E-state index in [1.54, 1.807) is 18.2 Å². The highest BCUT2D eigenvalue weighted by atomic mass is 79.9. The van der Waals surface area contributed by atoms with E-state index >= 15 is 0 Å². The minimum Gasteiger partial charge on any atom is -0.342 e. The van der Waals surface area contributed by atoms with Crippen LogP contribution in [-0.2, 0) is 4.79 Å². The number of nitrogens with one attached hydrogen (secondary N) is 2. The molecular formula is C22H23BrF3N3O. The molecule has 2 N–H and O–H groups in total. The van der Waals surface area contributed by atoms with Crippen LogP contribution in [0.4, 0.5) is 13.2 Å². The molecule has 0 saturated carbocycles. The molecule has 0 fully saturated rings. The quantitative estimate of drug-likeness (QED) is 0.498. The predicted molar refractivity (Wildman–Crippen MR) is 113 cm³/mol. The number of nitriles is 1. The van der Waals surface area contributed by atoms with E-state index in [1.807, 2.05) is 38.1 Å². The molecule has 8 heteroatoms. The first kappa shape index (κ1) is 23.9. The molecule has 4 nitrogen and oxygen atoms in total. The Hall–Kier alpha value is -2.37. The van der Waals surface area contributed by atoms with Crippen LogP contribution in [0.1, 0.15) is 31.9 Å². The van der Waals surface area contributed by atoms with Gasteiger partial charge in [-0.05, 0) is 41.2 Å². The zero-order valence-electron chi connectivity index (χ0n) is 16.6. The Morgan fingerprint density at radius 3 is 2.07 bits per heavy atom. The highest BCUT2D eigenvalue weighted by Gasteiger charge is 2.42. The summed E-state index contributed by atoms with van der Waals surface area (Å²) in [5.41, 5.74) is 1.69. The van der Waals surface area contributed by atoms with E-state index in [2.05, 4.69) is 26.6 Å². The van der Waals surface area contributed by atoms with Crippen LogP contribution in [0, 0.1) is 17.2 Å². The van der Waals surface area contributed by atoms with Crippen molar-refractivity contribution in [1.29, 1.82) is 5.26 Å². The Morgan fingerprint density at radius 2 is 1.60 bits per heavy atom. The molecule has 2 rings (SSSR count). The monoisotopic (exact) mass is 481 g/mol. The largest absolute Gasteiger partial charge is 0.407 e. The minimum absolute atomic E-state index is 0.0102. The van der Waals surface area contributed by atoms with Crippen LogP contribution in [-0.4, -0.2) is 24.7 Å². The molecule has 0 bridgehead atoms. The van der Waals surface area contributed by atoms with Gasteiger partial charge in [0, 0.05) is 4.47 Å². The number of alkyl halides is 3. The molecule has 2 atom stereocenters. The number of nitrogens with zero attached hydrogens (tertiary/aromatic N) is 1. The second-order valence-electron chi connectivity index (χ2n) is 7.33. The number of hydrogen-bond acceptors (Lipinski definition) is 3. The van der Waals surface area contributed by atoms with E-state index in [4.69, 9.17) is 5.26 Å². The fourth-order valence-electron chi connectivity index (χ4n) is 3.06. The Labute approximate surface area is 182 Å². The zero-order valence-corrected chi connectivity index (χ0v) is 18.2. The zero-order chi connectivity index (χ0) is 22.3. The molecule has 2 aromatic rings. The van der Waals surface area contributed by atoms with Crippen molar-refractivity contribution in [1.82, 2.24) is 10.6 Å². The Morgan fingerprint density at radius 1 is 1.07 bits per heavy atom. The smallest absolute Gasteiger partial charge is 0.342 e. The third-order valence-electron chi connectivity index (χ3n) is 4.48. The maximum Gasteiger partial charge on any atom is 0.407 e. The third kappa shape index (κ3) is 6.85. The van der Waals surface area contributed by atoms with Gasteiger partial charge in [0.2, 0.25) is 5.91 Å². The van der Waals surface area contributed by atoms with E-state index in [-0.39, 0.29) is 24.4 Å². The lowest BCUT2D eigenvalue weighted by molar-refractivity contribution is -0.161. The Kier molecular flexibility index (Phi) is 8.44. The van der Waals surface area contributed by atoms with Gasteiger partial charge in [-0.2, -0.15) is 18.4 Å². The summed E-state index contributed by atoms with van der Waals surface area (Å²) in [6.07, 6.45) is -4.38. The van der Waals surface area contributed by atoms with E-state index in [0.717, 1.165) is 15.6 Å². The average Bonchev–Trinajstić information content (AvgIpc) is 2.69. The van der Waals surface area contributed by atoms with Crippen molar-refractivity contribution >= 4 is 21.8 Å². The van der Waals surface area contributed by atoms with E-state index in [0.29, 0.717) is 0 Å². The summed E-state index contributed by atoms with van der Waals surface area (Å²) in [4.78, 5) is 12.3. The van der Waals surface area contributed by atoms with Gasteiger partial charge in [0.1, 0.15) is 12.6 Å². The number of amides is 1. The van der Waals surface area contributed by atoms with Gasteiger partial charge in [-0.1, -0.05) is 66.2 Å². The lowest BCUT2D eigenvalue weighted by atomic mass is 9.97. The first-order valence-electron chi connectivity index (χ1n) is 9.45. The predicted octanol–water partition coefficient (Wildman–Crippen LogP) is 5.36. The summed E-state index contributed by atoms with van der Waals surface area (Å²) in [7, 11) is 0. The highest BCUT2D eigenvalue weighted by molar-refractivity contribution is 9.10. The average molecular weight is 482 g/mol. The summed E-state index contributed by atoms with van der Waals surface area (Å²) in [5.74, 6) is -0.630. The SMILES string of the molecule is CC(C)C[C@H](N[C@@H](c1ccc(-c2ccc(Br)cc2)cc1)C(F)(F)F)C(=O)NCC#N. The standard InChI is InChI=1S/C22H23BrF3N3O/c1-14(2)13-19(21(30)28-12-11-27)29-20(22(24,25)26)17-5-3-15(4-6-17)16-7-9-18(23)10-8-16/h3-10,14,19-20,29H,12-13H2,1-2H3,(H,28,30)/t19-,20-/m0/s1. The van der Waals surface area contributed by atoms with Gasteiger partial charge < -0.3 is 5.32 Å². The van der Waals surface area contributed by atoms with Gasteiger partial charge in [-0.3, -0.25) is 10.1 Å². The van der Waals surface area contributed by atoms with Crippen molar-refractivity contribution in [3.8, 4) is 17.2 Å². The topological polar surface area (TPSA) is 64.9 Å². The number of hydrogen-bond donors (Lipinski definition) is 2. The van der Waals surface area contributed by atoms with Crippen LogP contribution < -0.4 is 10.6 Å². The molecule has 2 aromatic carbocycles. The molecule has 0 saturated heterocycles. The van der Waals surface area contributed by atoms with Crippen molar-refractivity contribution in [2.75, 3.05) is 6.54 Å². The molecule has 0 aliphatic rings. The second kappa shape index (κ2) is 10.6. The number of carbonyl (C=O) groups excluding carboxylic acids is 1. The second-order valence-corrected chi connectivity index (χ2v) is 8.24. The summed E-state index contributed by atoms with van der Waals surface area (Å²) in [6, 6.07) is 12.2. The lowest BCUT2D eigenvalue weighted by Crippen LogP contribution is -2.49. The molecule has 1 amide bonds. The van der Waals surface area contributed by atoms with Gasteiger partial charge in [0.15, 0.2) is 0 Å². The fourth-order valence-corrected chi connectivity index (χ4v) is 3.33. The van der Waals surface area contributed by atoms with Crippen LogP contribution >= 0.6 is 15.9 Å². The molecule has 0 aliphatic carbocycles. The molecule has 0 spiro atoms. The lowest BCUT2D eigenvalue weighted by Gasteiger charge is -2.28. The molecule has 0 radical (unpaired) electrons. The van der Waals surface area contributed by atoms with E-state index in [9.17, 15) is 18.0 Å². The number of benzene rings is 2. The van der Waals surface area contributed by atoms with E-state index in [1.165, 1.54) is 12.1 Å². The van der Waals surface area contributed by atoms with Gasteiger partial charge in [0.25, 0.3) is 0 Å². The van der Waals surface area contributed by atoms with Crippen LogP contribution in [0.5, 0.6) is 0 Å². The minimum atomic E-state index is -4.59. The van der Waals surface area contributed by atoms with Crippen molar-refractivity contribution in [3.63, 3.8) is 0 Å².